The number of carboxylic acids is 1. The number of nitrogens with zero attached hydrogens (tertiary/aromatic N) is 1. The highest BCUT2D eigenvalue weighted by Gasteiger charge is 2.29. The van der Waals surface area contributed by atoms with E-state index in [1.807, 2.05) is 0 Å². The molecule has 0 aliphatic rings. The highest BCUT2D eigenvalue weighted by molar-refractivity contribution is 6.01. The average molecular weight is 337 g/mol. The van der Waals surface area contributed by atoms with E-state index in [-0.39, 0.29) is 18.6 Å². The fourth-order valence-electron chi connectivity index (χ4n) is 2.18. The fourth-order valence-corrected chi connectivity index (χ4v) is 2.18. The van der Waals surface area contributed by atoms with Gasteiger partial charge in [0, 0.05) is 6.42 Å². The Morgan fingerprint density at radius 3 is 1.83 bits per heavy atom. The molecule has 0 fully saturated rings. The minimum absolute atomic E-state index is 0.0749. The second kappa shape index (κ2) is 7.16. The topological polar surface area (TPSA) is 69.9 Å². The molecule has 0 atom stereocenters. The lowest BCUT2D eigenvalue weighted by atomic mass is 9.99. The van der Waals surface area contributed by atoms with Crippen molar-refractivity contribution in [2.75, 3.05) is 0 Å². The van der Waals surface area contributed by atoms with Crippen molar-refractivity contribution >= 4 is 11.7 Å². The minimum atomic E-state index is -4.38. The van der Waals surface area contributed by atoms with Crippen LogP contribution >= 0.6 is 0 Å². The van der Waals surface area contributed by atoms with Crippen LogP contribution in [0.2, 0.25) is 0 Å². The van der Waals surface area contributed by atoms with E-state index < -0.39 is 17.7 Å². The van der Waals surface area contributed by atoms with Gasteiger partial charge in [-0.15, -0.1) is 0 Å². The molecular weight excluding hydrogens is 323 g/mol. The quantitative estimate of drug-likeness (QED) is 0.482. The van der Waals surface area contributed by atoms with Crippen LogP contribution in [0.1, 0.15) is 24.0 Å². The van der Waals surface area contributed by atoms with Gasteiger partial charge in [-0.2, -0.15) is 13.2 Å². The molecule has 0 heterocycles. The van der Waals surface area contributed by atoms with Gasteiger partial charge in [0.05, 0.1) is 17.7 Å². The van der Waals surface area contributed by atoms with Gasteiger partial charge in [-0.3, -0.25) is 4.79 Å². The van der Waals surface area contributed by atoms with Crippen LogP contribution in [0.15, 0.2) is 53.7 Å². The molecule has 0 bridgehead atoms. The van der Waals surface area contributed by atoms with Gasteiger partial charge in [-0.05, 0) is 28.8 Å². The molecule has 0 aromatic heterocycles. The van der Waals surface area contributed by atoms with Crippen molar-refractivity contribution in [3.63, 3.8) is 0 Å². The van der Waals surface area contributed by atoms with E-state index in [9.17, 15) is 18.0 Å². The summed E-state index contributed by atoms with van der Waals surface area (Å²) in [5, 5.41) is 20.7. The third-order valence-electron chi connectivity index (χ3n) is 3.46. The Morgan fingerprint density at radius 2 is 1.42 bits per heavy atom. The smallest absolute Gasteiger partial charge is 0.416 e. The maximum Gasteiger partial charge on any atom is 0.416 e. The molecule has 126 valence electrons. The summed E-state index contributed by atoms with van der Waals surface area (Å²) in [6.07, 6.45) is -4.47. The number of oxime groups is 1. The summed E-state index contributed by atoms with van der Waals surface area (Å²) >= 11 is 0. The summed E-state index contributed by atoms with van der Waals surface area (Å²) in [5.74, 6) is -1.00. The predicted octanol–water partition coefficient (Wildman–Crippen LogP) is 4.42. The minimum Gasteiger partial charge on any atom is -0.481 e. The van der Waals surface area contributed by atoms with E-state index in [0.29, 0.717) is 16.7 Å². The number of carbonyl (C=O) groups is 1. The van der Waals surface area contributed by atoms with Gasteiger partial charge in [0.15, 0.2) is 0 Å². The van der Waals surface area contributed by atoms with Crippen LogP contribution in [0.25, 0.3) is 11.1 Å². The lowest BCUT2D eigenvalue weighted by Gasteiger charge is -2.09. The molecule has 0 radical (unpaired) electrons. The van der Waals surface area contributed by atoms with Gasteiger partial charge in [0.2, 0.25) is 0 Å². The number of hydrogen-bond donors (Lipinski definition) is 2. The van der Waals surface area contributed by atoms with E-state index in [2.05, 4.69) is 5.16 Å². The first-order valence-corrected chi connectivity index (χ1v) is 7.02. The van der Waals surface area contributed by atoms with Crippen LogP contribution in [0.4, 0.5) is 13.2 Å². The molecule has 0 amide bonds. The normalized spacial score (nSPS) is 12.2. The summed E-state index contributed by atoms with van der Waals surface area (Å²) in [6.45, 7) is 0. The standard InChI is InChI=1S/C17H14F3NO3/c18-17(19,20)14-7-5-12(6-8-14)11-1-3-13(4-2-11)15(21-24)9-10-16(22)23/h1-8,24H,9-10H2,(H,22,23)/b21-15-. The fraction of sp³-hybridized carbons (Fsp3) is 0.176. The first-order chi connectivity index (χ1) is 11.3. The Hall–Kier alpha value is -2.83. The second-order valence-electron chi connectivity index (χ2n) is 5.09. The van der Waals surface area contributed by atoms with Crippen LogP contribution in [0.5, 0.6) is 0 Å². The SMILES string of the molecule is O=C(O)CC/C(=N/O)c1ccc(-c2ccc(C(F)(F)F)cc2)cc1. The summed E-state index contributed by atoms with van der Waals surface area (Å²) in [5.41, 5.74) is 1.38. The van der Waals surface area contributed by atoms with Crippen LogP contribution in [-0.4, -0.2) is 22.0 Å². The van der Waals surface area contributed by atoms with Crippen molar-refractivity contribution in [3.05, 3.63) is 59.7 Å². The average Bonchev–Trinajstić information content (AvgIpc) is 2.55. The van der Waals surface area contributed by atoms with Gasteiger partial charge in [-0.1, -0.05) is 41.6 Å². The molecule has 0 aliphatic carbocycles. The molecule has 0 aliphatic heterocycles. The van der Waals surface area contributed by atoms with Gasteiger partial charge in [-0.25, -0.2) is 0 Å². The lowest BCUT2D eigenvalue weighted by molar-refractivity contribution is -0.138. The van der Waals surface area contributed by atoms with Crippen LogP contribution < -0.4 is 0 Å². The molecule has 0 saturated heterocycles. The maximum atomic E-state index is 12.6. The molecule has 2 rings (SSSR count). The Balaban J connectivity index is 2.18. The van der Waals surface area contributed by atoms with Crippen molar-refractivity contribution < 1.29 is 28.3 Å². The van der Waals surface area contributed by atoms with Crippen LogP contribution in [-0.2, 0) is 11.0 Å². The van der Waals surface area contributed by atoms with E-state index in [0.717, 1.165) is 12.1 Å². The number of rotatable bonds is 5. The summed E-state index contributed by atoms with van der Waals surface area (Å²) in [6, 6.07) is 11.4. The van der Waals surface area contributed by atoms with E-state index in [1.54, 1.807) is 24.3 Å². The molecule has 0 spiro atoms. The molecule has 0 saturated carbocycles. The highest BCUT2D eigenvalue weighted by Crippen LogP contribution is 2.31. The van der Waals surface area contributed by atoms with Gasteiger partial charge < -0.3 is 10.3 Å². The zero-order chi connectivity index (χ0) is 17.7. The number of aliphatic carboxylic acids is 1. The van der Waals surface area contributed by atoms with Gasteiger partial charge >= 0.3 is 12.1 Å². The maximum absolute atomic E-state index is 12.6. The molecule has 7 heteroatoms. The van der Waals surface area contributed by atoms with E-state index in [4.69, 9.17) is 10.3 Å². The summed E-state index contributed by atoms with van der Waals surface area (Å²) < 4.78 is 37.7. The van der Waals surface area contributed by atoms with Gasteiger partial charge in [0.1, 0.15) is 0 Å². The Kier molecular flexibility index (Phi) is 5.23. The lowest BCUT2D eigenvalue weighted by Crippen LogP contribution is -2.05. The van der Waals surface area contributed by atoms with Crippen molar-refractivity contribution in [2.24, 2.45) is 5.16 Å². The molecule has 2 N–H and O–H groups in total. The first kappa shape index (κ1) is 17.5. The van der Waals surface area contributed by atoms with Crippen molar-refractivity contribution in [3.8, 4) is 11.1 Å². The number of carboxylic acid groups (broad SMARTS) is 1. The largest absolute Gasteiger partial charge is 0.481 e. The zero-order valence-corrected chi connectivity index (χ0v) is 12.4. The molecule has 4 nitrogen and oxygen atoms in total. The Labute approximate surface area is 135 Å². The Bertz CT molecular complexity index is 735. The van der Waals surface area contributed by atoms with Gasteiger partial charge in [0.25, 0.3) is 0 Å². The predicted molar refractivity (Wildman–Crippen MR) is 82.1 cm³/mol. The van der Waals surface area contributed by atoms with Crippen molar-refractivity contribution in [1.29, 1.82) is 0 Å². The zero-order valence-electron chi connectivity index (χ0n) is 12.4. The molecule has 24 heavy (non-hydrogen) atoms. The molecule has 2 aromatic rings. The number of alkyl halides is 3. The first-order valence-electron chi connectivity index (χ1n) is 7.02. The molecular formula is C17H14F3NO3. The number of hydrogen-bond acceptors (Lipinski definition) is 3. The van der Waals surface area contributed by atoms with Crippen LogP contribution in [0, 0.1) is 0 Å². The van der Waals surface area contributed by atoms with E-state index in [1.165, 1.54) is 12.1 Å². The third-order valence-corrected chi connectivity index (χ3v) is 3.46. The third kappa shape index (κ3) is 4.34. The number of halogens is 3. The van der Waals surface area contributed by atoms with E-state index >= 15 is 0 Å². The van der Waals surface area contributed by atoms with Crippen molar-refractivity contribution in [2.45, 2.75) is 19.0 Å². The Morgan fingerprint density at radius 1 is 0.917 bits per heavy atom. The second-order valence-corrected chi connectivity index (χ2v) is 5.09. The highest BCUT2D eigenvalue weighted by atomic mass is 19.4. The molecule has 0 unspecified atom stereocenters. The summed E-state index contributed by atoms with van der Waals surface area (Å²) in [7, 11) is 0. The monoisotopic (exact) mass is 337 g/mol. The van der Waals surface area contributed by atoms with Crippen molar-refractivity contribution in [1.82, 2.24) is 0 Å². The summed E-state index contributed by atoms with van der Waals surface area (Å²) in [4.78, 5) is 10.6. The molecule has 2 aromatic carbocycles. The van der Waals surface area contributed by atoms with Crippen LogP contribution in [0.3, 0.4) is 0 Å². The number of benzene rings is 2.